The largest absolute Gasteiger partial charge is 0.306 e. The highest BCUT2D eigenvalue weighted by atomic mass is 15.3. The van der Waals surface area contributed by atoms with E-state index in [1.54, 1.807) is 0 Å². The Hall–Kier alpha value is -1.83. The summed E-state index contributed by atoms with van der Waals surface area (Å²) in [5.41, 5.74) is 10.5. The Morgan fingerprint density at radius 3 is 2.54 bits per heavy atom. The molecule has 0 amide bonds. The molecular weight excluding hydrogens is 292 g/mol. The molecule has 2 nitrogen and oxygen atoms in total. The summed E-state index contributed by atoms with van der Waals surface area (Å²) in [5, 5.41) is 4.65. The quantitative estimate of drug-likeness (QED) is 0.690. The van der Waals surface area contributed by atoms with Crippen LogP contribution in [-0.4, -0.2) is 5.71 Å². The smallest absolute Gasteiger partial charge is 0.0585 e. The molecule has 128 valence electrons. The fourth-order valence-electron chi connectivity index (χ4n) is 3.74. The van der Waals surface area contributed by atoms with Crippen LogP contribution in [0, 0.1) is 5.41 Å². The maximum Gasteiger partial charge on any atom is 0.0585 e. The molecule has 0 unspecified atom stereocenters. The number of hydrogen-bond donors (Lipinski definition) is 1. The zero-order valence-corrected chi connectivity index (χ0v) is 15.4. The third-order valence-electron chi connectivity index (χ3n) is 5.02. The Balaban J connectivity index is 1.79. The SMILES string of the molecule is CC(C)(C)C1=C(c2ccccc2CNN=C2CCCCC2)CC=C1. The third-order valence-corrected chi connectivity index (χ3v) is 5.02. The van der Waals surface area contributed by atoms with Gasteiger partial charge in [0.15, 0.2) is 0 Å². The molecule has 1 saturated carbocycles. The molecule has 2 aliphatic rings. The Bertz CT molecular complexity index is 663. The molecule has 1 N–H and O–H groups in total. The van der Waals surface area contributed by atoms with Gasteiger partial charge in [0.2, 0.25) is 0 Å². The van der Waals surface area contributed by atoms with Gasteiger partial charge in [-0.1, -0.05) is 63.6 Å². The molecule has 0 aliphatic heterocycles. The monoisotopic (exact) mass is 322 g/mol. The van der Waals surface area contributed by atoms with Crippen molar-refractivity contribution in [2.45, 2.75) is 65.8 Å². The second-order valence-corrected chi connectivity index (χ2v) is 7.98. The first-order chi connectivity index (χ1) is 11.6. The van der Waals surface area contributed by atoms with E-state index in [2.05, 4.69) is 67.7 Å². The first-order valence-corrected chi connectivity index (χ1v) is 9.32. The van der Waals surface area contributed by atoms with Crippen LogP contribution in [-0.2, 0) is 6.54 Å². The lowest BCUT2D eigenvalue weighted by Crippen LogP contribution is -2.14. The Labute approximate surface area is 146 Å². The van der Waals surface area contributed by atoms with Gasteiger partial charge in [0.1, 0.15) is 0 Å². The van der Waals surface area contributed by atoms with Gasteiger partial charge in [-0.25, -0.2) is 0 Å². The summed E-state index contributed by atoms with van der Waals surface area (Å²) in [6, 6.07) is 8.78. The van der Waals surface area contributed by atoms with Crippen LogP contribution in [0.2, 0.25) is 0 Å². The standard InChI is InChI=1S/C22H30N2/c1-22(2,3)21-15-9-14-20(21)19-13-8-7-10-17(19)16-23-24-18-11-5-4-6-12-18/h7-10,13,15,23H,4-6,11-12,14,16H2,1-3H3. The highest BCUT2D eigenvalue weighted by Gasteiger charge is 2.23. The van der Waals surface area contributed by atoms with E-state index >= 15 is 0 Å². The molecule has 24 heavy (non-hydrogen) atoms. The van der Waals surface area contributed by atoms with E-state index in [9.17, 15) is 0 Å². The Kier molecular flexibility index (Phi) is 5.23. The highest BCUT2D eigenvalue weighted by Crippen LogP contribution is 2.40. The van der Waals surface area contributed by atoms with Crippen LogP contribution in [0.1, 0.15) is 70.4 Å². The minimum atomic E-state index is 0.186. The molecular formula is C22H30N2. The predicted octanol–water partition coefficient (Wildman–Crippen LogP) is 5.86. The fourth-order valence-corrected chi connectivity index (χ4v) is 3.74. The summed E-state index contributed by atoms with van der Waals surface area (Å²) in [5.74, 6) is 0. The summed E-state index contributed by atoms with van der Waals surface area (Å²) in [6.45, 7) is 7.70. The van der Waals surface area contributed by atoms with Crippen LogP contribution in [0.25, 0.3) is 5.57 Å². The summed E-state index contributed by atoms with van der Waals surface area (Å²) >= 11 is 0. The van der Waals surface area contributed by atoms with E-state index in [4.69, 9.17) is 0 Å². The van der Waals surface area contributed by atoms with Gasteiger partial charge >= 0.3 is 0 Å². The van der Waals surface area contributed by atoms with Crippen molar-refractivity contribution < 1.29 is 0 Å². The predicted molar refractivity (Wildman–Crippen MR) is 104 cm³/mol. The first kappa shape index (κ1) is 17.0. The van der Waals surface area contributed by atoms with E-state index in [0.29, 0.717) is 0 Å². The molecule has 0 bridgehead atoms. The van der Waals surface area contributed by atoms with Crippen molar-refractivity contribution in [1.82, 2.24) is 5.43 Å². The number of rotatable bonds is 4. The number of nitrogens with one attached hydrogen (secondary N) is 1. The van der Waals surface area contributed by atoms with Crippen molar-refractivity contribution in [3.05, 3.63) is 53.1 Å². The first-order valence-electron chi connectivity index (χ1n) is 9.32. The molecule has 1 aromatic rings. The van der Waals surface area contributed by atoms with Gasteiger partial charge < -0.3 is 5.43 Å². The average molecular weight is 322 g/mol. The van der Waals surface area contributed by atoms with Gasteiger partial charge in [-0.2, -0.15) is 5.10 Å². The summed E-state index contributed by atoms with van der Waals surface area (Å²) in [6.07, 6.45) is 11.9. The van der Waals surface area contributed by atoms with Crippen LogP contribution < -0.4 is 5.43 Å². The van der Waals surface area contributed by atoms with E-state index in [0.717, 1.165) is 25.8 Å². The molecule has 2 aliphatic carbocycles. The van der Waals surface area contributed by atoms with Crippen LogP contribution in [0.15, 0.2) is 47.1 Å². The number of hydrogen-bond acceptors (Lipinski definition) is 2. The molecule has 0 saturated heterocycles. The van der Waals surface area contributed by atoms with Gasteiger partial charge in [0.05, 0.1) is 6.54 Å². The summed E-state index contributed by atoms with van der Waals surface area (Å²) < 4.78 is 0. The Morgan fingerprint density at radius 1 is 1.04 bits per heavy atom. The van der Waals surface area contributed by atoms with Crippen molar-refractivity contribution in [3.63, 3.8) is 0 Å². The van der Waals surface area contributed by atoms with Crippen LogP contribution >= 0.6 is 0 Å². The topological polar surface area (TPSA) is 24.4 Å². The maximum absolute atomic E-state index is 4.65. The third kappa shape index (κ3) is 3.98. The molecule has 0 atom stereocenters. The molecule has 3 rings (SSSR count). The lowest BCUT2D eigenvalue weighted by molar-refractivity contribution is 0.520. The summed E-state index contributed by atoms with van der Waals surface area (Å²) in [7, 11) is 0. The maximum atomic E-state index is 4.65. The van der Waals surface area contributed by atoms with Crippen molar-refractivity contribution in [2.75, 3.05) is 0 Å². The van der Waals surface area contributed by atoms with E-state index in [1.807, 2.05) is 0 Å². The molecule has 2 heteroatoms. The number of benzene rings is 1. The van der Waals surface area contributed by atoms with Crippen molar-refractivity contribution in [3.8, 4) is 0 Å². The van der Waals surface area contributed by atoms with Gasteiger partial charge in [-0.3, -0.25) is 0 Å². The molecule has 0 radical (unpaired) electrons. The van der Waals surface area contributed by atoms with Gasteiger partial charge in [0, 0.05) is 5.71 Å². The highest BCUT2D eigenvalue weighted by molar-refractivity contribution is 5.84. The minimum Gasteiger partial charge on any atom is -0.306 e. The molecule has 1 aromatic carbocycles. The molecule has 0 spiro atoms. The van der Waals surface area contributed by atoms with Crippen LogP contribution in [0.4, 0.5) is 0 Å². The van der Waals surface area contributed by atoms with Crippen molar-refractivity contribution in [1.29, 1.82) is 0 Å². The Morgan fingerprint density at radius 2 is 1.79 bits per heavy atom. The van der Waals surface area contributed by atoms with Crippen LogP contribution in [0.5, 0.6) is 0 Å². The van der Waals surface area contributed by atoms with E-state index in [1.165, 1.54) is 47.2 Å². The number of allylic oxidation sites excluding steroid dienone is 4. The molecule has 0 heterocycles. The van der Waals surface area contributed by atoms with Crippen LogP contribution in [0.3, 0.4) is 0 Å². The van der Waals surface area contributed by atoms with Gasteiger partial charge in [-0.15, -0.1) is 0 Å². The normalized spacial score (nSPS) is 18.2. The lowest BCUT2D eigenvalue weighted by atomic mass is 9.82. The number of nitrogens with zero attached hydrogens (tertiary/aromatic N) is 1. The zero-order valence-electron chi connectivity index (χ0n) is 15.4. The lowest BCUT2D eigenvalue weighted by Gasteiger charge is -2.23. The second kappa shape index (κ2) is 7.38. The van der Waals surface area contributed by atoms with Crippen molar-refractivity contribution >= 4 is 11.3 Å². The van der Waals surface area contributed by atoms with Gasteiger partial charge in [0.25, 0.3) is 0 Å². The average Bonchev–Trinajstić information content (AvgIpc) is 3.06. The number of hydrazone groups is 1. The minimum absolute atomic E-state index is 0.186. The summed E-state index contributed by atoms with van der Waals surface area (Å²) in [4.78, 5) is 0. The molecule has 0 aromatic heterocycles. The van der Waals surface area contributed by atoms with Gasteiger partial charge in [-0.05, 0) is 59.8 Å². The molecule has 1 fully saturated rings. The zero-order chi connectivity index (χ0) is 17.0. The fraction of sp³-hybridized carbons (Fsp3) is 0.500. The second-order valence-electron chi connectivity index (χ2n) is 7.98. The van der Waals surface area contributed by atoms with E-state index < -0.39 is 0 Å². The van der Waals surface area contributed by atoms with Crippen molar-refractivity contribution in [2.24, 2.45) is 10.5 Å². The van der Waals surface area contributed by atoms with E-state index in [-0.39, 0.29) is 5.41 Å².